The minimum Gasteiger partial charge on any atom is -0.386 e. The van der Waals surface area contributed by atoms with Crippen LogP contribution in [0.5, 0.6) is 0 Å². The highest BCUT2D eigenvalue weighted by atomic mass is 32.2. The molecule has 0 bridgehead atoms. The molecule has 0 saturated heterocycles. The molecule has 2 N–H and O–H groups in total. The second-order valence-corrected chi connectivity index (χ2v) is 4.97. The molecular weight excluding hydrogens is 252 g/mol. The number of amides is 1. The van der Waals surface area contributed by atoms with Crippen molar-refractivity contribution in [3.63, 3.8) is 0 Å². The third kappa shape index (κ3) is 4.29. The zero-order valence-corrected chi connectivity index (χ0v) is 11.6. The van der Waals surface area contributed by atoms with E-state index in [2.05, 4.69) is 10.3 Å². The Bertz CT molecular complexity index is 410. The van der Waals surface area contributed by atoms with Gasteiger partial charge in [0.05, 0.1) is 12.2 Å². The summed E-state index contributed by atoms with van der Waals surface area (Å²) in [6.45, 7) is 1.90. The van der Waals surface area contributed by atoms with Gasteiger partial charge in [-0.15, -0.1) is 11.8 Å². The minimum atomic E-state index is -1.08. The van der Waals surface area contributed by atoms with Crippen LogP contribution in [0.2, 0.25) is 0 Å². The molecule has 18 heavy (non-hydrogen) atoms. The Morgan fingerprint density at radius 1 is 1.67 bits per heavy atom. The normalized spacial score (nSPS) is 14.0. The van der Waals surface area contributed by atoms with E-state index in [-0.39, 0.29) is 19.1 Å². The first-order valence-electron chi connectivity index (χ1n) is 5.48. The third-order valence-electron chi connectivity index (χ3n) is 2.29. The van der Waals surface area contributed by atoms with Crippen molar-refractivity contribution in [2.45, 2.75) is 17.6 Å². The zero-order valence-electron chi connectivity index (χ0n) is 10.8. The SMILES string of the molecule is COC[C@@](C)(O)CNC(=O)c1cccnc1SC. The van der Waals surface area contributed by atoms with Crippen LogP contribution in [-0.2, 0) is 4.74 Å². The van der Waals surface area contributed by atoms with Crippen LogP contribution in [0.3, 0.4) is 0 Å². The topological polar surface area (TPSA) is 71.5 Å². The van der Waals surface area contributed by atoms with Gasteiger partial charge in [-0.05, 0) is 25.3 Å². The Morgan fingerprint density at radius 2 is 2.39 bits per heavy atom. The van der Waals surface area contributed by atoms with Crippen molar-refractivity contribution >= 4 is 17.7 Å². The highest BCUT2D eigenvalue weighted by Crippen LogP contribution is 2.16. The number of hydrogen-bond acceptors (Lipinski definition) is 5. The number of carbonyl (C=O) groups excluding carboxylic acids is 1. The molecule has 6 heteroatoms. The van der Waals surface area contributed by atoms with E-state index in [0.717, 1.165) is 0 Å². The number of thioether (sulfide) groups is 1. The van der Waals surface area contributed by atoms with Gasteiger partial charge in [0.25, 0.3) is 5.91 Å². The Labute approximate surface area is 111 Å². The number of rotatable bonds is 6. The molecule has 0 fully saturated rings. The maximum atomic E-state index is 12.0. The van der Waals surface area contributed by atoms with Gasteiger partial charge in [-0.25, -0.2) is 4.98 Å². The predicted molar refractivity (Wildman–Crippen MR) is 70.9 cm³/mol. The molecule has 0 saturated carbocycles. The lowest BCUT2D eigenvalue weighted by molar-refractivity contribution is -0.0147. The summed E-state index contributed by atoms with van der Waals surface area (Å²) in [5.41, 5.74) is -0.565. The molecule has 0 unspecified atom stereocenters. The fourth-order valence-electron chi connectivity index (χ4n) is 1.45. The Balaban J connectivity index is 2.66. The van der Waals surface area contributed by atoms with Crippen LogP contribution >= 0.6 is 11.8 Å². The van der Waals surface area contributed by atoms with Crippen molar-refractivity contribution in [1.82, 2.24) is 10.3 Å². The number of nitrogens with zero attached hydrogens (tertiary/aromatic N) is 1. The van der Waals surface area contributed by atoms with Gasteiger partial charge in [0.15, 0.2) is 0 Å². The Kier molecular flexibility index (Phi) is 5.58. The molecule has 0 aromatic carbocycles. The van der Waals surface area contributed by atoms with Gasteiger partial charge in [-0.1, -0.05) is 0 Å². The average Bonchev–Trinajstić information content (AvgIpc) is 2.36. The zero-order chi connectivity index (χ0) is 13.6. The van der Waals surface area contributed by atoms with Crippen molar-refractivity contribution in [2.75, 3.05) is 26.5 Å². The number of aliphatic hydroxyl groups is 1. The largest absolute Gasteiger partial charge is 0.386 e. The van der Waals surface area contributed by atoms with E-state index in [9.17, 15) is 9.90 Å². The second kappa shape index (κ2) is 6.72. The summed E-state index contributed by atoms with van der Waals surface area (Å²) >= 11 is 1.41. The summed E-state index contributed by atoms with van der Waals surface area (Å²) in [7, 11) is 1.50. The quantitative estimate of drug-likeness (QED) is 0.752. The molecule has 1 heterocycles. The van der Waals surface area contributed by atoms with E-state index >= 15 is 0 Å². The second-order valence-electron chi connectivity index (χ2n) is 4.17. The maximum absolute atomic E-state index is 12.0. The molecule has 1 atom stereocenters. The number of aromatic nitrogens is 1. The Morgan fingerprint density at radius 3 is 3.00 bits per heavy atom. The highest BCUT2D eigenvalue weighted by molar-refractivity contribution is 7.98. The van der Waals surface area contributed by atoms with Crippen molar-refractivity contribution < 1.29 is 14.6 Å². The summed E-state index contributed by atoms with van der Waals surface area (Å²) in [5, 5.41) is 13.2. The molecular formula is C12H18N2O3S. The first-order chi connectivity index (χ1) is 8.50. The van der Waals surface area contributed by atoms with Crippen LogP contribution in [0.4, 0.5) is 0 Å². The fraction of sp³-hybridized carbons (Fsp3) is 0.500. The number of carbonyl (C=O) groups is 1. The molecule has 0 radical (unpaired) electrons. The third-order valence-corrected chi connectivity index (χ3v) is 3.01. The van der Waals surface area contributed by atoms with Gasteiger partial charge in [0.1, 0.15) is 10.6 Å². The van der Waals surface area contributed by atoms with E-state index in [4.69, 9.17) is 4.74 Å². The molecule has 1 aromatic rings. The molecule has 0 aliphatic carbocycles. The number of hydrogen-bond donors (Lipinski definition) is 2. The average molecular weight is 270 g/mol. The Hall–Kier alpha value is -1.11. The lowest BCUT2D eigenvalue weighted by atomic mass is 10.1. The lowest BCUT2D eigenvalue weighted by Crippen LogP contribution is -2.43. The van der Waals surface area contributed by atoms with Gasteiger partial charge in [-0.2, -0.15) is 0 Å². The van der Waals surface area contributed by atoms with E-state index in [0.29, 0.717) is 10.6 Å². The molecule has 0 aliphatic rings. The summed E-state index contributed by atoms with van der Waals surface area (Å²) in [4.78, 5) is 16.1. The van der Waals surface area contributed by atoms with Crippen LogP contribution in [0.15, 0.2) is 23.4 Å². The lowest BCUT2D eigenvalue weighted by Gasteiger charge is -2.22. The van der Waals surface area contributed by atoms with Crippen molar-refractivity contribution in [2.24, 2.45) is 0 Å². The summed E-state index contributed by atoms with van der Waals surface area (Å²) < 4.78 is 4.87. The van der Waals surface area contributed by atoms with E-state index in [1.807, 2.05) is 6.26 Å². The van der Waals surface area contributed by atoms with Gasteiger partial charge >= 0.3 is 0 Å². The molecule has 0 spiro atoms. The standard InChI is InChI=1S/C12H18N2O3S/c1-12(16,8-17-2)7-14-10(15)9-5-4-6-13-11(9)18-3/h4-6,16H,7-8H2,1-3H3,(H,14,15)/t12-/m0/s1. The van der Waals surface area contributed by atoms with Crippen LogP contribution in [0.1, 0.15) is 17.3 Å². The predicted octanol–water partition coefficient (Wildman–Crippen LogP) is 0.931. The molecule has 100 valence electrons. The van der Waals surface area contributed by atoms with Crippen LogP contribution < -0.4 is 5.32 Å². The van der Waals surface area contributed by atoms with Crippen LogP contribution in [0.25, 0.3) is 0 Å². The number of nitrogens with one attached hydrogen (secondary N) is 1. The summed E-state index contributed by atoms with van der Waals surface area (Å²) in [6, 6.07) is 3.42. The van der Waals surface area contributed by atoms with Gasteiger partial charge < -0.3 is 15.2 Å². The summed E-state index contributed by atoms with van der Waals surface area (Å²) in [5.74, 6) is -0.246. The molecule has 1 rings (SSSR count). The smallest absolute Gasteiger partial charge is 0.254 e. The fourth-order valence-corrected chi connectivity index (χ4v) is 2.00. The van der Waals surface area contributed by atoms with Gasteiger partial charge in [0.2, 0.25) is 0 Å². The minimum absolute atomic E-state index is 0.127. The molecule has 5 nitrogen and oxygen atoms in total. The first kappa shape index (κ1) is 14.9. The van der Waals surface area contributed by atoms with Gasteiger partial charge in [-0.3, -0.25) is 4.79 Å². The van der Waals surface area contributed by atoms with Crippen molar-refractivity contribution in [1.29, 1.82) is 0 Å². The summed E-state index contributed by atoms with van der Waals surface area (Å²) in [6.07, 6.45) is 3.50. The number of ether oxygens (including phenoxy) is 1. The van der Waals surface area contributed by atoms with E-state index < -0.39 is 5.60 Å². The maximum Gasteiger partial charge on any atom is 0.254 e. The van der Waals surface area contributed by atoms with Crippen LogP contribution in [-0.4, -0.2) is 48.1 Å². The van der Waals surface area contributed by atoms with Crippen molar-refractivity contribution in [3.8, 4) is 0 Å². The van der Waals surface area contributed by atoms with Crippen LogP contribution in [0, 0.1) is 0 Å². The monoisotopic (exact) mass is 270 g/mol. The van der Waals surface area contributed by atoms with Gasteiger partial charge in [0, 0.05) is 19.9 Å². The molecule has 1 aromatic heterocycles. The number of methoxy groups -OCH3 is 1. The molecule has 1 amide bonds. The number of pyridine rings is 1. The first-order valence-corrected chi connectivity index (χ1v) is 6.71. The highest BCUT2D eigenvalue weighted by Gasteiger charge is 2.22. The van der Waals surface area contributed by atoms with E-state index in [1.165, 1.54) is 18.9 Å². The van der Waals surface area contributed by atoms with E-state index in [1.54, 1.807) is 25.3 Å². The van der Waals surface area contributed by atoms with Crippen molar-refractivity contribution in [3.05, 3.63) is 23.9 Å². The molecule has 0 aliphatic heterocycles.